The lowest BCUT2D eigenvalue weighted by molar-refractivity contribution is 0.0985. The summed E-state index contributed by atoms with van der Waals surface area (Å²) < 4.78 is 44.2. The molecule has 1 amide bonds. The Labute approximate surface area is 222 Å². The first-order chi connectivity index (χ1) is 17.7. The van der Waals surface area contributed by atoms with Crippen molar-refractivity contribution in [2.24, 2.45) is 0 Å². The van der Waals surface area contributed by atoms with Gasteiger partial charge < -0.3 is 19.1 Å². The summed E-state index contributed by atoms with van der Waals surface area (Å²) in [6.45, 7) is 1.94. The van der Waals surface area contributed by atoms with Crippen LogP contribution in [-0.4, -0.2) is 103 Å². The summed E-state index contributed by atoms with van der Waals surface area (Å²) in [5.41, 5.74) is 1.06. The van der Waals surface area contributed by atoms with E-state index in [1.165, 1.54) is 54.1 Å². The van der Waals surface area contributed by atoms with Crippen LogP contribution in [0.25, 0.3) is 10.2 Å². The highest BCUT2D eigenvalue weighted by Crippen LogP contribution is 2.34. The van der Waals surface area contributed by atoms with E-state index in [-0.39, 0.29) is 37.1 Å². The molecule has 1 aromatic heterocycles. The van der Waals surface area contributed by atoms with Crippen molar-refractivity contribution in [1.29, 1.82) is 0 Å². The number of likely N-dealkylation sites (N-methyl/N-ethyl adjacent to an activating group) is 1. The number of carbonyl (C=O) groups is 1. The van der Waals surface area contributed by atoms with E-state index in [4.69, 9.17) is 19.2 Å². The zero-order valence-electron chi connectivity index (χ0n) is 21.8. The normalized spacial score (nSPS) is 12.0. The Morgan fingerprint density at radius 3 is 2.14 bits per heavy atom. The molecule has 0 fully saturated rings. The minimum Gasteiger partial charge on any atom is -0.494 e. The SMILES string of the molecule is COCCN(CCOC)S(=O)(=O)c1ccc(C(=O)N(CCN(C)C)c2nc3c(OC)cccc3s2)cc1. The van der Waals surface area contributed by atoms with Gasteiger partial charge in [-0.25, -0.2) is 13.4 Å². The molecule has 2 aromatic carbocycles. The van der Waals surface area contributed by atoms with Gasteiger partial charge in [0.05, 0.1) is 29.9 Å². The molecule has 0 saturated carbocycles. The van der Waals surface area contributed by atoms with Gasteiger partial charge in [-0.05, 0) is 50.5 Å². The molecular weight excluding hydrogens is 516 g/mol. The predicted molar refractivity (Wildman–Crippen MR) is 145 cm³/mol. The average molecular weight is 551 g/mol. The van der Waals surface area contributed by atoms with Crippen molar-refractivity contribution in [2.75, 3.05) is 79.7 Å². The number of ether oxygens (including phenoxy) is 3. The molecular formula is C25H34N4O6S2. The molecule has 0 N–H and O–H groups in total. The summed E-state index contributed by atoms with van der Waals surface area (Å²) in [5, 5.41) is 0.549. The highest BCUT2D eigenvalue weighted by atomic mass is 32.2. The number of carbonyl (C=O) groups excluding carboxylic acids is 1. The van der Waals surface area contributed by atoms with Gasteiger partial charge >= 0.3 is 0 Å². The van der Waals surface area contributed by atoms with Crippen molar-refractivity contribution in [3.63, 3.8) is 0 Å². The van der Waals surface area contributed by atoms with E-state index in [0.717, 1.165) is 4.70 Å². The lowest BCUT2D eigenvalue weighted by Crippen LogP contribution is -2.37. The van der Waals surface area contributed by atoms with Crippen molar-refractivity contribution < 1.29 is 27.4 Å². The lowest BCUT2D eigenvalue weighted by Gasteiger charge is -2.23. The van der Waals surface area contributed by atoms with Gasteiger partial charge in [-0.2, -0.15) is 4.31 Å². The number of para-hydroxylation sites is 1. The second-order valence-electron chi connectivity index (χ2n) is 8.48. The number of benzene rings is 2. The molecule has 0 bridgehead atoms. The van der Waals surface area contributed by atoms with Crippen molar-refractivity contribution in [3.8, 4) is 5.75 Å². The van der Waals surface area contributed by atoms with Crippen LogP contribution in [0.3, 0.4) is 0 Å². The van der Waals surface area contributed by atoms with Crippen LogP contribution in [0.4, 0.5) is 5.13 Å². The van der Waals surface area contributed by atoms with Crippen LogP contribution in [-0.2, 0) is 19.5 Å². The fourth-order valence-corrected chi connectivity index (χ4v) is 6.00. The van der Waals surface area contributed by atoms with E-state index in [1.807, 2.05) is 37.2 Å². The molecule has 0 aliphatic rings. The van der Waals surface area contributed by atoms with Crippen LogP contribution in [0.15, 0.2) is 47.4 Å². The summed E-state index contributed by atoms with van der Waals surface area (Å²) in [6.07, 6.45) is 0. The van der Waals surface area contributed by atoms with E-state index in [1.54, 1.807) is 12.0 Å². The lowest BCUT2D eigenvalue weighted by atomic mass is 10.2. The predicted octanol–water partition coefficient (Wildman–Crippen LogP) is 2.80. The number of fused-ring (bicyclic) bond motifs is 1. The first-order valence-electron chi connectivity index (χ1n) is 11.7. The van der Waals surface area contributed by atoms with E-state index in [0.29, 0.717) is 35.1 Å². The summed E-state index contributed by atoms with van der Waals surface area (Å²) in [4.78, 5) is 22.0. The molecule has 0 spiro atoms. The number of hydrogen-bond donors (Lipinski definition) is 0. The zero-order valence-corrected chi connectivity index (χ0v) is 23.5. The van der Waals surface area contributed by atoms with Gasteiger partial charge in [0.25, 0.3) is 5.91 Å². The number of methoxy groups -OCH3 is 3. The molecule has 202 valence electrons. The maximum Gasteiger partial charge on any atom is 0.260 e. The fourth-order valence-electron chi connectivity index (χ4n) is 3.59. The molecule has 0 atom stereocenters. The van der Waals surface area contributed by atoms with Crippen molar-refractivity contribution in [2.45, 2.75) is 4.90 Å². The molecule has 0 aliphatic carbocycles. The Hall–Kier alpha value is -2.61. The summed E-state index contributed by atoms with van der Waals surface area (Å²) in [6, 6.07) is 11.6. The van der Waals surface area contributed by atoms with Crippen LogP contribution < -0.4 is 9.64 Å². The Balaban J connectivity index is 1.91. The smallest absolute Gasteiger partial charge is 0.260 e. The highest BCUT2D eigenvalue weighted by Gasteiger charge is 2.26. The van der Waals surface area contributed by atoms with Crippen LogP contribution in [0, 0.1) is 0 Å². The average Bonchev–Trinajstić information content (AvgIpc) is 3.32. The van der Waals surface area contributed by atoms with Crippen molar-refractivity contribution >= 4 is 42.6 Å². The summed E-state index contributed by atoms with van der Waals surface area (Å²) >= 11 is 1.41. The first-order valence-corrected chi connectivity index (χ1v) is 14.0. The molecule has 3 aromatic rings. The fraction of sp³-hybridized carbons (Fsp3) is 0.440. The van der Waals surface area contributed by atoms with Gasteiger partial charge in [0, 0.05) is 46.0 Å². The minimum absolute atomic E-state index is 0.0980. The number of amides is 1. The summed E-state index contributed by atoms with van der Waals surface area (Å²) in [5.74, 6) is 0.375. The van der Waals surface area contributed by atoms with Gasteiger partial charge in [-0.1, -0.05) is 17.4 Å². The monoisotopic (exact) mass is 550 g/mol. The number of hydrogen-bond acceptors (Lipinski definition) is 9. The number of aromatic nitrogens is 1. The molecule has 37 heavy (non-hydrogen) atoms. The largest absolute Gasteiger partial charge is 0.494 e. The molecule has 12 heteroatoms. The van der Waals surface area contributed by atoms with Crippen LogP contribution in [0.1, 0.15) is 10.4 Å². The van der Waals surface area contributed by atoms with Gasteiger partial charge in [0.15, 0.2) is 5.13 Å². The molecule has 0 aliphatic heterocycles. The van der Waals surface area contributed by atoms with E-state index in [2.05, 4.69) is 0 Å². The minimum atomic E-state index is -3.79. The third-order valence-corrected chi connectivity index (χ3v) is 8.62. The number of anilines is 1. The standard InChI is InChI=1S/C25H34N4O6S2/c1-27(2)13-14-29(25-26-23-21(35-5)7-6-8-22(23)36-25)24(30)19-9-11-20(12-10-19)37(31,32)28(15-17-33-3)16-18-34-4/h6-12H,13-18H2,1-5H3. The Bertz CT molecular complexity index is 1270. The van der Waals surface area contributed by atoms with Gasteiger partial charge in [0.2, 0.25) is 10.0 Å². The third-order valence-electron chi connectivity index (χ3n) is 5.67. The van der Waals surface area contributed by atoms with Gasteiger partial charge in [0.1, 0.15) is 11.3 Å². The Kier molecular flexibility index (Phi) is 10.4. The maximum atomic E-state index is 13.6. The Morgan fingerprint density at radius 2 is 1.57 bits per heavy atom. The number of sulfonamides is 1. The topological polar surface area (TPSA) is 102 Å². The van der Waals surface area contributed by atoms with E-state index < -0.39 is 10.0 Å². The highest BCUT2D eigenvalue weighted by molar-refractivity contribution is 7.89. The second-order valence-corrected chi connectivity index (χ2v) is 11.4. The van der Waals surface area contributed by atoms with Gasteiger partial charge in [-0.3, -0.25) is 9.69 Å². The van der Waals surface area contributed by atoms with Crippen LogP contribution in [0.2, 0.25) is 0 Å². The number of nitrogens with zero attached hydrogens (tertiary/aromatic N) is 4. The first kappa shape index (κ1) is 29.0. The van der Waals surface area contributed by atoms with Crippen LogP contribution in [0.5, 0.6) is 5.75 Å². The van der Waals surface area contributed by atoms with E-state index >= 15 is 0 Å². The maximum absolute atomic E-state index is 13.6. The van der Waals surface area contributed by atoms with Crippen molar-refractivity contribution in [3.05, 3.63) is 48.0 Å². The quantitative estimate of drug-likeness (QED) is 0.302. The molecule has 0 radical (unpaired) electrons. The molecule has 0 unspecified atom stereocenters. The zero-order chi connectivity index (χ0) is 27.0. The molecule has 10 nitrogen and oxygen atoms in total. The second kappa shape index (κ2) is 13.3. The number of rotatable bonds is 14. The molecule has 0 saturated heterocycles. The third kappa shape index (κ3) is 7.03. The van der Waals surface area contributed by atoms with Crippen LogP contribution >= 0.6 is 11.3 Å². The molecule has 1 heterocycles. The molecule has 3 rings (SSSR count). The van der Waals surface area contributed by atoms with Crippen molar-refractivity contribution in [1.82, 2.24) is 14.2 Å². The Morgan fingerprint density at radius 1 is 0.919 bits per heavy atom. The summed E-state index contributed by atoms with van der Waals surface area (Å²) in [7, 11) is 4.70. The van der Waals surface area contributed by atoms with E-state index in [9.17, 15) is 13.2 Å². The number of thiazole rings is 1. The van der Waals surface area contributed by atoms with Gasteiger partial charge in [-0.15, -0.1) is 0 Å².